The van der Waals surface area contributed by atoms with Crippen LogP contribution >= 0.6 is 0 Å². The minimum absolute atomic E-state index is 0.357. The number of morpholine rings is 1. The van der Waals surface area contributed by atoms with Gasteiger partial charge in [0.15, 0.2) is 0 Å². The summed E-state index contributed by atoms with van der Waals surface area (Å²) in [6.07, 6.45) is 2.89. The molecule has 0 saturated carbocycles. The summed E-state index contributed by atoms with van der Waals surface area (Å²) < 4.78 is 5.27. The molecule has 1 aliphatic rings. The zero-order valence-corrected chi connectivity index (χ0v) is 10.5. The Balaban J connectivity index is 1.61. The lowest BCUT2D eigenvalue weighted by Gasteiger charge is -2.28. The number of nitrogens with one attached hydrogen (secondary N) is 1. The molecule has 0 aliphatic carbocycles. The van der Waals surface area contributed by atoms with Crippen molar-refractivity contribution in [3.8, 4) is 0 Å². The monoisotopic (exact) mass is 252 g/mol. The van der Waals surface area contributed by atoms with Gasteiger partial charge in [-0.25, -0.2) is 9.97 Å². The van der Waals surface area contributed by atoms with Crippen LogP contribution in [-0.2, 0) is 11.3 Å². The Morgan fingerprint density at radius 1 is 1.44 bits per heavy atom. The molecule has 0 bridgehead atoms. The number of aliphatic hydroxyl groups excluding tert-OH is 1. The van der Waals surface area contributed by atoms with Gasteiger partial charge in [0.25, 0.3) is 0 Å². The Morgan fingerprint density at radius 2 is 2.28 bits per heavy atom. The highest BCUT2D eigenvalue weighted by Crippen LogP contribution is 1.98. The molecule has 1 aromatic heterocycles. The second-order valence-corrected chi connectivity index (χ2v) is 4.40. The van der Waals surface area contributed by atoms with Gasteiger partial charge >= 0.3 is 0 Å². The highest BCUT2D eigenvalue weighted by Gasteiger charge is 2.14. The third-order valence-electron chi connectivity index (χ3n) is 2.90. The van der Waals surface area contributed by atoms with E-state index in [0.29, 0.717) is 19.6 Å². The average molecular weight is 252 g/mol. The van der Waals surface area contributed by atoms with Crippen molar-refractivity contribution >= 4 is 0 Å². The number of hydrogen-bond acceptors (Lipinski definition) is 6. The van der Waals surface area contributed by atoms with Crippen LogP contribution in [0.2, 0.25) is 0 Å². The minimum Gasteiger partial charge on any atom is -0.390 e. The number of aliphatic hydroxyl groups is 1. The van der Waals surface area contributed by atoms with Crippen molar-refractivity contribution in [2.75, 3.05) is 39.4 Å². The smallest absolute Gasteiger partial charge is 0.115 e. The van der Waals surface area contributed by atoms with Gasteiger partial charge in [0.2, 0.25) is 0 Å². The molecule has 2 N–H and O–H groups in total. The first-order valence-corrected chi connectivity index (χ1v) is 6.28. The molecule has 0 amide bonds. The normalized spacial score (nSPS) is 18.7. The Morgan fingerprint density at radius 3 is 3.00 bits per heavy atom. The molecule has 6 nitrogen and oxygen atoms in total. The fourth-order valence-electron chi connectivity index (χ4n) is 1.94. The maximum atomic E-state index is 9.90. The summed E-state index contributed by atoms with van der Waals surface area (Å²) in [5.74, 6) is 0. The van der Waals surface area contributed by atoms with Crippen LogP contribution in [0.3, 0.4) is 0 Å². The van der Waals surface area contributed by atoms with Crippen LogP contribution in [-0.4, -0.2) is 65.5 Å². The quantitative estimate of drug-likeness (QED) is 0.695. The Kier molecular flexibility index (Phi) is 5.47. The van der Waals surface area contributed by atoms with Crippen molar-refractivity contribution in [2.45, 2.75) is 12.6 Å². The van der Waals surface area contributed by atoms with Gasteiger partial charge in [-0.05, 0) is 6.07 Å². The molecule has 1 saturated heterocycles. The maximum absolute atomic E-state index is 9.90. The molecule has 6 heteroatoms. The second kappa shape index (κ2) is 7.38. The summed E-state index contributed by atoms with van der Waals surface area (Å²) in [5.41, 5.74) is 0.934. The summed E-state index contributed by atoms with van der Waals surface area (Å²) in [6, 6.07) is 1.86. The van der Waals surface area contributed by atoms with E-state index in [1.165, 1.54) is 6.33 Å². The molecule has 2 heterocycles. The number of β-amino-alcohol motifs (C(OH)–C–C–N with tert-alkyl or cyclic N) is 1. The van der Waals surface area contributed by atoms with Crippen molar-refractivity contribution in [1.82, 2.24) is 20.2 Å². The number of rotatable bonds is 6. The van der Waals surface area contributed by atoms with E-state index in [9.17, 15) is 5.11 Å². The van der Waals surface area contributed by atoms with Gasteiger partial charge < -0.3 is 15.2 Å². The summed E-state index contributed by atoms with van der Waals surface area (Å²) in [5, 5.41) is 13.1. The number of hydrogen-bond donors (Lipinski definition) is 2. The van der Waals surface area contributed by atoms with Gasteiger partial charge in [-0.15, -0.1) is 0 Å². The van der Waals surface area contributed by atoms with E-state index < -0.39 is 0 Å². The van der Waals surface area contributed by atoms with Crippen molar-refractivity contribution in [3.05, 3.63) is 24.3 Å². The van der Waals surface area contributed by atoms with E-state index in [-0.39, 0.29) is 6.10 Å². The fraction of sp³-hybridized carbons (Fsp3) is 0.667. The molecule has 1 atom stereocenters. The standard InChI is InChI=1S/C12H20N4O2/c17-12(9-16-3-5-18-6-4-16)8-14-7-11-1-2-13-10-15-11/h1-2,10,12,14,17H,3-9H2. The first-order chi connectivity index (χ1) is 8.84. The van der Waals surface area contributed by atoms with Gasteiger partial charge in [-0.3, -0.25) is 4.90 Å². The van der Waals surface area contributed by atoms with Gasteiger partial charge in [-0.2, -0.15) is 0 Å². The fourth-order valence-corrected chi connectivity index (χ4v) is 1.94. The molecule has 1 aliphatic heterocycles. The van der Waals surface area contributed by atoms with E-state index in [1.807, 2.05) is 6.07 Å². The number of ether oxygens (including phenoxy) is 1. The van der Waals surface area contributed by atoms with Crippen molar-refractivity contribution in [3.63, 3.8) is 0 Å². The van der Waals surface area contributed by atoms with Crippen LogP contribution < -0.4 is 5.32 Å². The second-order valence-electron chi connectivity index (χ2n) is 4.40. The lowest BCUT2D eigenvalue weighted by molar-refractivity contribution is 0.0149. The Labute approximate surface area is 107 Å². The van der Waals surface area contributed by atoms with E-state index in [4.69, 9.17) is 4.74 Å². The SMILES string of the molecule is OC(CNCc1ccncn1)CN1CCOCC1. The molecule has 0 spiro atoms. The first-order valence-electron chi connectivity index (χ1n) is 6.28. The van der Waals surface area contributed by atoms with Gasteiger partial charge in [-0.1, -0.05) is 0 Å². The first kappa shape index (κ1) is 13.4. The van der Waals surface area contributed by atoms with Gasteiger partial charge in [0, 0.05) is 38.9 Å². The Bertz CT molecular complexity index is 330. The van der Waals surface area contributed by atoms with Crippen molar-refractivity contribution < 1.29 is 9.84 Å². The summed E-state index contributed by atoms with van der Waals surface area (Å²) in [4.78, 5) is 10.2. The third-order valence-corrected chi connectivity index (χ3v) is 2.90. The van der Waals surface area contributed by atoms with Crippen molar-refractivity contribution in [2.24, 2.45) is 0 Å². The molecule has 1 aromatic rings. The number of nitrogens with zero attached hydrogens (tertiary/aromatic N) is 3. The predicted octanol–water partition coefficient (Wildman–Crippen LogP) is -0.741. The highest BCUT2D eigenvalue weighted by molar-refractivity contribution is 4.96. The largest absolute Gasteiger partial charge is 0.390 e. The third kappa shape index (κ3) is 4.66. The molecule has 1 unspecified atom stereocenters. The van der Waals surface area contributed by atoms with E-state index in [0.717, 1.165) is 32.0 Å². The molecule has 0 radical (unpaired) electrons. The van der Waals surface area contributed by atoms with Crippen molar-refractivity contribution in [1.29, 1.82) is 0 Å². The molecule has 100 valence electrons. The molecule has 0 aromatic carbocycles. The van der Waals surface area contributed by atoms with Crippen LogP contribution in [0.1, 0.15) is 5.69 Å². The summed E-state index contributed by atoms with van der Waals surface area (Å²) in [7, 11) is 0. The van der Waals surface area contributed by atoms with Crippen LogP contribution in [0.15, 0.2) is 18.6 Å². The van der Waals surface area contributed by atoms with Crippen LogP contribution in [0, 0.1) is 0 Å². The molecular formula is C12H20N4O2. The predicted molar refractivity (Wildman–Crippen MR) is 67.0 cm³/mol. The Hall–Kier alpha value is -1.08. The van der Waals surface area contributed by atoms with Gasteiger partial charge in [0.1, 0.15) is 6.33 Å². The summed E-state index contributed by atoms with van der Waals surface area (Å²) >= 11 is 0. The lowest BCUT2D eigenvalue weighted by Crippen LogP contribution is -2.43. The zero-order valence-electron chi connectivity index (χ0n) is 10.5. The molecule has 1 fully saturated rings. The van der Waals surface area contributed by atoms with E-state index in [2.05, 4.69) is 20.2 Å². The van der Waals surface area contributed by atoms with E-state index >= 15 is 0 Å². The maximum Gasteiger partial charge on any atom is 0.115 e. The molecule has 2 rings (SSSR count). The molecule has 18 heavy (non-hydrogen) atoms. The topological polar surface area (TPSA) is 70.5 Å². The zero-order chi connectivity index (χ0) is 12.6. The van der Waals surface area contributed by atoms with Gasteiger partial charge in [0.05, 0.1) is 25.0 Å². The number of aromatic nitrogens is 2. The molecular weight excluding hydrogens is 232 g/mol. The van der Waals surface area contributed by atoms with E-state index in [1.54, 1.807) is 6.20 Å². The van der Waals surface area contributed by atoms with Crippen LogP contribution in [0.25, 0.3) is 0 Å². The highest BCUT2D eigenvalue weighted by atomic mass is 16.5. The lowest BCUT2D eigenvalue weighted by atomic mass is 10.3. The average Bonchev–Trinajstić information content (AvgIpc) is 2.41. The van der Waals surface area contributed by atoms with Crippen LogP contribution in [0.5, 0.6) is 0 Å². The summed E-state index contributed by atoms with van der Waals surface area (Å²) in [6.45, 7) is 5.26. The minimum atomic E-state index is -0.357. The van der Waals surface area contributed by atoms with Crippen LogP contribution in [0.4, 0.5) is 0 Å².